The van der Waals surface area contributed by atoms with Crippen molar-refractivity contribution in [1.82, 2.24) is 4.98 Å². The molecule has 0 saturated carbocycles. The van der Waals surface area contributed by atoms with Crippen molar-refractivity contribution in [3.8, 4) is 6.07 Å². The maximum absolute atomic E-state index is 13.5. The Bertz CT molecular complexity index is 705. The molecule has 1 aromatic heterocycles. The average Bonchev–Trinajstić information content (AvgIpc) is 2.90. The largest absolute Gasteiger partial charge is 0.297 e. The Hall–Kier alpha value is -2.59. The lowest BCUT2D eigenvalue weighted by Crippen LogP contribution is -2.13. The molecule has 0 atom stereocenters. The number of carbonyl (C=O) groups excluding carboxylic acids is 1. The van der Waals surface area contributed by atoms with E-state index in [9.17, 15) is 13.6 Å². The van der Waals surface area contributed by atoms with E-state index in [-0.39, 0.29) is 11.1 Å². The van der Waals surface area contributed by atoms with Gasteiger partial charge in [0.05, 0.1) is 0 Å². The third kappa shape index (κ3) is 3.24. The highest BCUT2D eigenvalue weighted by Gasteiger charge is 2.12. The number of amides is 1. The van der Waals surface area contributed by atoms with Gasteiger partial charge < -0.3 is 0 Å². The molecule has 2 aromatic rings. The highest BCUT2D eigenvalue weighted by molar-refractivity contribution is 7.13. The molecule has 0 fully saturated rings. The first-order valence-electron chi connectivity index (χ1n) is 5.38. The molecule has 20 heavy (non-hydrogen) atoms. The molecule has 0 spiro atoms. The molecule has 1 N–H and O–H groups in total. The number of nitrogens with one attached hydrogen (secondary N) is 1. The van der Waals surface area contributed by atoms with Crippen LogP contribution in [0.2, 0.25) is 0 Å². The third-order valence-electron chi connectivity index (χ3n) is 2.28. The van der Waals surface area contributed by atoms with Gasteiger partial charge in [-0.3, -0.25) is 10.1 Å². The number of rotatable bonds is 3. The van der Waals surface area contributed by atoms with Gasteiger partial charge in [-0.1, -0.05) is 0 Å². The van der Waals surface area contributed by atoms with Crippen LogP contribution >= 0.6 is 11.3 Å². The summed E-state index contributed by atoms with van der Waals surface area (Å²) in [6.45, 7) is 0. The number of carbonyl (C=O) groups is 1. The van der Waals surface area contributed by atoms with Crippen LogP contribution in [-0.4, -0.2) is 10.9 Å². The van der Waals surface area contributed by atoms with E-state index in [0.29, 0.717) is 11.2 Å². The van der Waals surface area contributed by atoms with Crippen LogP contribution in [0.3, 0.4) is 0 Å². The SMILES string of the molecule is N#C/C(=C\c1ccc(F)cc1F)C(=O)Nc1nccs1. The first-order chi connectivity index (χ1) is 9.60. The van der Waals surface area contributed by atoms with E-state index < -0.39 is 17.5 Å². The van der Waals surface area contributed by atoms with Gasteiger partial charge in [0.2, 0.25) is 0 Å². The number of nitrogens with zero attached hydrogens (tertiary/aromatic N) is 2. The fraction of sp³-hybridized carbons (Fsp3) is 0. The van der Waals surface area contributed by atoms with Crippen molar-refractivity contribution in [1.29, 1.82) is 5.26 Å². The number of nitriles is 1. The number of anilines is 1. The zero-order valence-corrected chi connectivity index (χ0v) is 10.7. The molecular weight excluding hydrogens is 284 g/mol. The summed E-state index contributed by atoms with van der Waals surface area (Å²) in [6.07, 6.45) is 2.55. The highest BCUT2D eigenvalue weighted by atomic mass is 32.1. The summed E-state index contributed by atoms with van der Waals surface area (Å²) < 4.78 is 26.2. The molecule has 100 valence electrons. The minimum Gasteiger partial charge on any atom is -0.297 e. The van der Waals surface area contributed by atoms with Crippen LogP contribution in [0.1, 0.15) is 5.56 Å². The Kier molecular flexibility index (Phi) is 4.17. The summed E-state index contributed by atoms with van der Waals surface area (Å²) in [5.41, 5.74) is -0.344. The Morgan fingerprint density at radius 1 is 1.45 bits per heavy atom. The number of benzene rings is 1. The quantitative estimate of drug-likeness (QED) is 0.698. The van der Waals surface area contributed by atoms with Gasteiger partial charge >= 0.3 is 0 Å². The predicted octanol–water partition coefficient (Wildman–Crippen LogP) is 2.97. The molecule has 0 aliphatic rings. The topological polar surface area (TPSA) is 65.8 Å². The summed E-state index contributed by atoms with van der Waals surface area (Å²) in [5, 5.41) is 13.3. The maximum atomic E-state index is 13.5. The third-order valence-corrected chi connectivity index (χ3v) is 2.97. The Balaban J connectivity index is 2.25. The minimum atomic E-state index is -0.847. The molecule has 0 aliphatic heterocycles. The highest BCUT2D eigenvalue weighted by Crippen LogP contribution is 2.16. The number of thiazole rings is 1. The van der Waals surface area contributed by atoms with E-state index in [4.69, 9.17) is 5.26 Å². The molecule has 7 heteroatoms. The lowest BCUT2D eigenvalue weighted by Gasteiger charge is -2.01. The van der Waals surface area contributed by atoms with E-state index in [0.717, 1.165) is 18.2 Å². The van der Waals surface area contributed by atoms with Crippen molar-refractivity contribution in [3.05, 3.63) is 52.5 Å². The summed E-state index contributed by atoms with van der Waals surface area (Å²) in [7, 11) is 0. The minimum absolute atomic E-state index is 0.0442. The van der Waals surface area contributed by atoms with Crippen molar-refractivity contribution in [2.75, 3.05) is 5.32 Å². The van der Waals surface area contributed by atoms with Crippen molar-refractivity contribution >= 4 is 28.5 Å². The number of hydrogen-bond donors (Lipinski definition) is 1. The van der Waals surface area contributed by atoms with Gasteiger partial charge in [-0.15, -0.1) is 11.3 Å². The zero-order chi connectivity index (χ0) is 14.5. The van der Waals surface area contributed by atoms with Crippen LogP contribution in [0.5, 0.6) is 0 Å². The Morgan fingerprint density at radius 2 is 2.25 bits per heavy atom. The molecule has 0 radical (unpaired) electrons. The summed E-state index contributed by atoms with van der Waals surface area (Å²) in [4.78, 5) is 15.6. The van der Waals surface area contributed by atoms with E-state index >= 15 is 0 Å². The number of aromatic nitrogens is 1. The van der Waals surface area contributed by atoms with Crippen LogP contribution in [-0.2, 0) is 4.79 Å². The zero-order valence-electron chi connectivity index (χ0n) is 9.93. The number of halogens is 2. The van der Waals surface area contributed by atoms with Crippen molar-refractivity contribution in [2.45, 2.75) is 0 Å². The van der Waals surface area contributed by atoms with E-state index in [1.165, 1.54) is 17.5 Å². The van der Waals surface area contributed by atoms with Crippen LogP contribution in [0.4, 0.5) is 13.9 Å². The normalized spacial score (nSPS) is 10.9. The van der Waals surface area contributed by atoms with Crippen LogP contribution in [0.25, 0.3) is 6.08 Å². The van der Waals surface area contributed by atoms with E-state index in [2.05, 4.69) is 10.3 Å². The smallest absolute Gasteiger partial charge is 0.268 e. The predicted molar refractivity (Wildman–Crippen MR) is 70.7 cm³/mol. The molecule has 0 aliphatic carbocycles. The lowest BCUT2D eigenvalue weighted by atomic mass is 10.1. The van der Waals surface area contributed by atoms with Gasteiger partial charge in [-0.25, -0.2) is 13.8 Å². The molecule has 0 bridgehead atoms. The van der Waals surface area contributed by atoms with Gasteiger partial charge in [-0.2, -0.15) is 5.26 Å². The molecule has 1 aromatic carbocycles. The standard InChI is InChI=1S/C13H7F2N3OS/c14-10-2-1-8(11(15)6-10)5-9(7-16)12(19)18-13-17-3-4-20-13/h1-6H,(H,17,18,19)/b9-5+. The van der Waals surface area contributed by atoms with Crippen LogP contribution in [0.15, 0.2) is 35.3 Å². The molecule has 4 nitrogen and oxygen atoms in total. The monoisotopic (exact) mass is 291 g/mol. The Morgan fingerprint density at radius 3 is 2.85 bits per heavy atom. The van der Waals surface area contributed by atoms with Gasteiger partial charge in [0.15, 0.2) is 5.13 Å². The maximum Gasteiger partial charge on any atom is 0.268 e. The van der Waals surface area contributed by atoms with Crippen molar-refractivity contribution in [3.63, 3.8) is 0 Å². The second kappa shape index (κ2) is 6.04. The van der Waals surface area contributed by atoms with Gasteiger partial charge in [0.25, 0.3) is 5.91 Å². The lowest BCUT2D eigenvalue weighted by molar-refractivity contribution is -0.112. The van der Waals surface area contributed by atoms with Crippen LogP contribution in [0, 0.1) is 23.0 Å². The summed E-state index contributed by atoms with van der Waals surface area (Å²) in [6, 6.07) is 4.55. The second-order valence-electron chi connectivity index (χ2n) is 3.63. The molecular formula is C13H7F2N3OS. The summed E-state index contributed by atoms with van der Waals surface area (Å²) >= 11 is 1.19. The van der Waals surface area contributed by atoms with Gasteiger partial charge in [0.1, 0.15) is 23.3 Å². The van der Waals surface area contributed by atoms with Crippen molar-refractivity contribution < 1.29 is 13.6 Å². The first kappa shape index (κ1) is 13.8. The fourth-order valence-corrected chi connectivity index (χ4v) is 1.90. The molecule has 0 saturated heterocycles. The van der Waals surface area contributed by atoms with E-state index in [1.54, 1.807) is 11.4 Å². The van der Waals surface area contributed by atoms with Gasteiger partial charge in [0, 0.05) is 23.2 Å². The van der Waals surface area contributed by atoms with Crippen LogP contribution < -0.4 is 5.32 Å². The Labute approximate surface area is 117 Å². The van der Waals surface area contributed by atoms with Gasteiger partial charge in [-0.05, 0) is 18.2 Å². The fourth-order valence-electron chi connectivity index (χ4n) is 1.37. The summed E-state index contributed by atoms with van der Waals surface area (Å²) in [5.74, 6) is -2.28. The number of hydrogen-bond acceptors (Lipinski definition) is 4. The molecule has 0 unspecified atom stereocenters. The average molecular weight is 291 g/mol. The second-order valence-corrected chi connectivity index (χ2v) is 4.52. The van der Waals surface area contributed by atoms with Crippen molar-refractivity contribution in [2.24, 2.45) is 0 Å². The molecule has 1 heterocycles. The molecule has 1 amide bonds. The van der Waals surface area contributed by atoms with E-state index in [1.807, 2.05) is 0 Å². The first-order valence-corrected chi connectivity index (χ1v) is 6.26. The molecule has 2 rings (SSSR count).